The molecule has 3 heteroatoms. The first-order valence-electron chi connectivity index (χ1n) is 17.0. The van der Waals surface area contributed by atoms with Crippen LogP contribution in [-0.4, -0.2) is 0 Å². The summed E-state index contributed by atoms with van der Waals surface area (Å²) in [6.45, 7) is 4.74. The highest BCUT2D eigenvalue weighted by atomic mass is 16.3. The number of fused-ring (bicyclic) bond motifs is 9. The van der Waals surface area contributed by atoms with Gasteiger partial charge in [0, 0.05) is 44.7 Å². The van der Waals surface area contributed by atoms with Crippen molar-refractivity contribution in [2.75, 3.05) is 4.90 Å². The van der Waals surface area contributed by atoms with Gasteiger partial charge in [0.2, 0.25) is 0 Å². The average molecular weight is 632 g/mol. The molecular formula is C46H33NO2. The maximum atomic E-state index is 6.42. The number of hydrogen-bond donors (Lipinski definition) is 0. The predicted molar refractivity (Wildman–Crippen MR) is 203 cm³/mol. The first-order valence-corrected chi connectivity index (χ1v) is 17.0. The van der Waals surface area contributed by atoms with Gasteiger partial charge in [-0.25, -0.2) is 0 Å². The molecule has 0 fully saturated rings. The van der Waals surface area contributed by atoms with Gasteiger partial charge >= 0.3 is 0 Å². The molecule has 2 aromatic heterocycles. The number of para-hydroxylation sites is 1. The fraction of sp³-hybridized carbons (Fsp3) is 0.0870. The second-order valence-corrected chi connectivity index (χ2v) is 13.9. The van der Waals surface area contributed by atoms with E-state index in [1.165, 1.54) is 33.4 Å². The number of hydrogen-bond acceptors (Lipinski definition) is 3. The average Bonchev–Trinajstić information content (AvgIpc) is 3.68. The van der Waals surface area contributed by atoms with Gasteiger partial charge in [0.05, 0.1) is 0 Å². The molecule has 0 amide bonds. The Labute approximate surface area is 284 Å². The van der Waals surface area contributed by atoms with E-state index < -0.39 is 0 Å². The molecule has 0 atom stereocenters. The quantitative estimate of drug-likeness (QED) is 0.194. The van der Waals surface area contributed by atoms with Gasteiger partial charge in [0.1, 0.15) is 22.3 Å². The molecule has 0 N–H and O–H groups in total. The van der Waals surface area contributed by atoms with Gasteiger partial charge < -0.3 is 13.7 Å². The summed E-state index contributed by atoms with van der Waals surface area (Å²) in [6.07, 6.45) is 1.01. The van der Waals surface area contributed by atoms with E-state index in [0.29, 0.717) is 0 Å². The van der Waals surface area contributed by atoms with Crippen LogP contribution >= 0.6 is 0 Å². The molecule has 0 saturated heterocycles. The van der Waals surface area contributed by atoms with E-state index in [-0.39, 0.29) is 5.41 Å². The number of nitrogens with zero attached hydrogens (tertiary/aromatic N) is 1. The topological polar surface area (TPSA) is 29.5 Å². The van der Waals surface area contributed by atoms with Crippen LogP contribution in [0.15, 0.2) is 160 Å². The Hall–Kier alpha value is -6.06. The molecule has 1 aliphatic carbocycles. The minimum atomic E-state index is -0.00795. The molecule has 0 aliphatic heterocycles. The Morgan fingerprint density at radius 3 is 1.90 bits per heavy atom. The van der Waals surface area contributed by atoms with Crippen LogP contribution in [0.3, 0.4) is 0 Å². The number of benzene rings is 7. The molecular weight excluding hydrogens is 599 g/mol. The van der Waals surface area contributed by atoms with Crippen molar-refractivity contribution in [3.8, 4) is 22.3 Å². The van der Waals surface area contributed by atoms with E-state index in [4.69, 9.17) is 8.83 Å². The Kier molecular flexibility index (Phi) is 5.98. The van der Waals surface area contributed by atoms with Gasteiger partial charge in [-0.15, -0.1) is 0 Å². The summed E-state index contributed by atoms with van der Waals surface area (Å²) in [6, 6.07) is 54.4. The van der Waals surface area contributed by atoms with Crippen LogP contribution in [0.5, 0.6) is 0 Å². The summed E-state index contributed by atoms with van der Waals surface area (Å²) in [5.74, 6) is 0. The Morgan fingerprint density at radius 1 is 0.449 bits per heavy atom. The van der Waals surface area contributed by atoms with E-state index in [2.05, 4.69) is 152 Å². The van der Waals surface area contributed by atoms with Crippen molar-refractivity contribution in [1.82, 2.24) is 0 Å². The molecule has 7 aromatic carbocycles. The molecule has 1 aliphatic rings. The second kappa shape index (κ2) is 10.5. The lowest BCUT2D eigenvalue weighted by Crippen LogP contribution is -2.26. The first-order chi connectivity index (χ1) is 24.0. The lowest BCUT2D eigenvalue weighted by molar-refractivity contribution is 0.517. The minimum Gasteiger partial charge on any atom is -0.456 e. The van der Waals surface area contributed by atoms with E-state index in [1.807, 2.05) is 18.2 Å². The fourth-order valence-corrected chi connectivity index (χ4v) is 7.98. The van der Waals surface area contributed by atoms with Crippen molar-refractivity contribution in [3.63, 3.8) is 0 Å². The van der Waals surface area contributed by atoms with Crippen LogP contribution in [0.1, 0.15) is 25.0 Å². The predicted octanol–water partition coefficient (Wildman–Crippen LogP) is 13.1. The van der Waals surface area contributed by atoms with Crippen LogP contribution in [0.4, 0.5) is 17.1 Å². The Bertz CT molecular complexity index is 2710. The SMILES string of the molecule is CC1(C)Cc2ccccc2-c2ccc(N(c3ccc(-c4ccccc4)cc3)c3ccc4oc5cc6oc7ccccc7c6cc5c4c3)cc21. The van der Waals surface area contributed by atoms with Crippen LogP contribution in [-0.2, 0) is 11.8 Å². The van der Waals surface area contributed by atoms with Crippen molar-refractivity contribution in [1.29, 1.82) is 0 Å². The van der Waals surface area contributed by atoms with E-state index in [1.54, 1.807) is 0 Å². The largest absolute Gasteiger partial charge is 0.456 e. The monoisotopic (exact) mass is 631 g/mol. The van der Waals surface area contributed by atoms with Gasteiger partial charge in [0.15, 0.2) is 0 Å². The highest BCUT2D eigenvalue weighted by molar-refractivity contribution is 6.15. The molecule has 49 heavy (non-hydrogen) atoms. The fourth-order valence-electron chi connectivity index (χ4n) is 7.98. The summed E-state index contributed by atoms with van der Waals surface area (Å²) >= 11 is 0. The van der Waals surface area contributed by atoms with Crippen LogP contribution in [0.25, 0.3) is 66.1 Å². The van der Waals surface area contributed by atoms with Crippen LogP contribution < -0.4 is 4.90 Å². The maximum Gasteiger partial charge on any atom is 0.139 e. The van der Waals surface area contributed by atoms with Crippen LogP contribution in [0.2, 0.25) is 0 Å². The van der Waals surface area contributed by atoms with Crippen LogP contribution in [0, 0.1) is 0 Å². The standard InChI is InChI=1S/C46H33NO2/c1-46(2)28-31-12-6-7-13-35(31)36-22-20-34(25-41(36)46)47(32-18-16-30(17-19-32)29-10-4-3-5-11-29)33-21-23-43-38(24-33)40-26-39-37-14-8-9-15-42(37)48-44(39)27-45(40)49-43/h3-27H,28H2,1-2H3. The molecule has 0 radical (unpaired) electrons. The molecule has 234 valence electrons. The number of anilines is 3. The zero-order valence-corrected chi connectivity index (χ0v) is 27.4. The number of rotatable bonds is 4. The lowest BCUT2D eigenvalue weighted by atomic mass is 9.70. The zero-order valence-electron chi connectivity index (χ0n) is 27.4. The third kappa shape index (κ3) is 4.43. The summed E-state index contributed by atoms with van der Waals surface area (Å²) in [7, 11) is 0. The van der Waals surface area contributed by atoms with Crippen molar-refractivity contribution in [2.24, 2.45) is 0 Å². The second-order valence-electron chi connectivity index (χ2n) is 13.9. The lowest BCUT2D eigenvalue weighted by Gasteiger charge is -2.36. The molecule has 0 spiro atoms. The van der Waals surface area contributed by atoms with Crippen molar-refractivity contribution >= 4 is 60.9 Å². The third-order valence-corrected chi connectivity index (χ3v) is 10.4. The van der Waals surface area contributed by atoms with Gasteiger partial charge in [-0.3, -0.25) is 0 Å². The third-order valence-electron chi connectivity index (χ3n) is 10.4. The first kappa shape index (κ1) is 28.0. The molecule has 9 aromatic rings. The summed E-state index contributed by atoms with van der Waals surface area (Å²) in [4.78, 5) is 2.38. The van der Waals surface area contributed by atoms with E-state index in [9.17, 15) is 0 Å². The Morgan fingerprint density at radius 2 is 1.06 bits per heavy atom. The van der Waals surface area contributed by atoms with E-state index >= 15 is 0 Å². The van der Waals surface area contributed by atoms with Crippen molar-refractivity contribution in [3.05, 3.63) is 163 Å². The Balaban J connectivity index is 1.17. The minimum absolute atomic E-state index is 0.00795. The molecule has 0 unspecified atom stereocenters. The van der Waals surface area contributed by atoms with Gasteiger partial charge in [0.25, 0.3) is 0 Å². The summed E-state index contributed by atoms with van der Waals surface area (Å²) < 4.78 is 12.6. The summed E-state index contributed by atoms with van der Waals surface area (Å²) in [5, 5.41) is 4.38. The molecule has 3 nitrogen and oxygen atoms in total. The molecule has 0 bridgehead atoms. The van der Waals surface area contributed by atoms with E-state index in [0.717, 1.165) is 67.4 Å². The molecule has 2 heterocycles. The van der Waals surface area contributed by atoms with Gasteiger partial charge in [-0.2, -0.15) is 0 Å². The van der Waals surface area contributed by atoms with Crippen molar-refractivity contribution in [2.45, 2.75) is 25.7 Å². The highest BCUT2D eigenvalue weighted by Gasteiger charge is 2.31. The normalized spacial score (nSPS) is 13.6. The molecule has 0 saturated carbocycles. The zero-order chi connectivity index (χ0) is 32.7. The number of furan rings is 2. The molecule has 10 rings (SSSR count). The highest BCUT2D eigenvalue weighted by Crippen LogP contribution is 2.47. The smallest absolute Gasteiger partial charge is 0.139 e. The summed E-state index contributed by atoms with van der Waals surface area (Å²) in [5.41, 5.74) is 14.6. The van der Waals surface area contributed by atoms with Gasteiger partial charge in [-0.05, 0) is 99.8 Å². The maximum absolute atomic E-state index is 6.42. The van der Waals surface area contributed by atoms with Gasteiger partial charge in [-0.1, -0.05) is 105 Å². The van der Waals surface area contributed by atoms with Crippen molar-refractivity contribution < 1.29 is 8.83 Å².